The highest BCUT2D eigenvalue weighted by atomic mass is 79.9. The Kier molecular flexibility index (Phi) is 6.03. The van der Waals surface area contributed by atoms with Gasteiger partial charge in [-0.05, 0) is 45.4 Å². The van der Waals surface area contributed by atoms with Crippen LogP contribution in [0.25, 0.3) is 0 Å². The summed E-state index contributed by atoms with van der Waals surface area (Å²) in [6.07, 6.45) is 2.07. The molecule has 0 fully saturated rings. The molecule has 0 aliphatic carbocycles. The maximum Gasteiger partial charge on any atom is 0.0512 e. The van der Waals surface area contributed by atoms with Gasteiger partial charge in [-0.25, -0.2) is 0 Å². The second kappa shape index (κ2) is 6.87. The average Bonchev–Trinajstić information content (AvgIpc) is 2.40. The molecular formula is C16H27BrN2. The monoisotopic (exact) mass is 326 g/mol. The zero-order valence-electron chi connectivity index (χ0n) is 12.8. The van der Waals surface area contributed by atoms with Crippen LogP contribution in [0, 0.1) is 0 Å². The number of hydrogen-bond acceptors (Lipinski definition) is 2. The molecule has 3 heteroatoms. The molecule has 108 valence electrons. The van der Waals surface area contributed by atoms with Gasteiger partial charge in [-0.15, -0.1) is 0 Å². The lowest BCUT2D eigenvalue weighted by Gasteiger charge is -2.43. The summed E-state index contributed by atoms with van der Waals surface area (Å²) in [5.74, 6) is 0. The van der Waals surface area contributed by atoms with Crippen molar-refractivity contribution >= 4 is 15.9 Å². The van der Waals surface area contributed by atoms with Crippen molar-refractivity contribution in [1.29, 1.82) is 0 Å². The molecule has 0 amide bonds. The molecule has 2 nitrogen and oxygen atoms in total. The third kappa shape index (κ3) is 3.80. The molecule has 1 rings (SSSR count). The van der Waals surface area contributed by atoms with Crippen LogP contribution in [0.15, 0.2) is 28.7 Å². The van der Waals surface area contributed by atoms with E-state index in [4.69, 9.17) is 5.73 Å². The molecule has 0 saturated carbocycles. The summed E-state index contributed by atoms with van der Waals surface area (Å²) in [5, 5.41) is 0. The lowest BCUT2D eigenvalue weighted by molar-refractivity contribution is 0.0802. The van der Waals surface area contributed by atoms with Crippen LogP contribution in [-0.4, -0.2) is 23.5 Å². The van der Waals surface area contributed by atoms with Crippen LogP contribution in [0.1, 0.15) is 52.1 Å². The number of rotatable bonds is 6. The second-order valence-corrected chi connectivity index (χ2v) is 6.67. The Morgan fingerprint density at radius 3 is 2.32 bits per heavy atom. The fraction of sp³-hybridized carbons (Fsp3) is 0.625. The van der Waals surface area contributed by atoms with Gasteiger partial charge in [0.2, 0.25) is 0 Å². The molecule has 0 spiro atoms. The largest absolute Gasteiger partial charge is 0.326 e. The topological polar surface area (TPSA) is 29.3 Å². The number of halogens is 1. The molecule has 1 aromatic rings. The minimum absolute atomic E-state index is 0.132. The maximum atomic E-state index is 6.41. The predicted octanol–water partition coefficient (Wildman–Crippen LogP) is 4.35. The van der Waals surface area contributed by atoms with Crippen molar-refractivity contribution in [2.45, 2.75) is 58.2 Å². The number of benzene rings is 1. The van der Waals surface area contributed by atoms with Crippen molar-refractivity contribution in [1.82, 2.24) is 4.90 Å². The Labute approximate surface area is 126 Å². The predicted molar refractivity (Wildman–Crippen MR) is 87.3 cm³/mol. The van der Waals surface area contributed by atoms with Gasteiger partial charge in [-0.3, -0.25) is 4.90 Å². The molecule has 2 atom stereocenters. The highest BCUT2D eigenvalue weighted by Crippen LogP contribution is 2.35. The smallest absolute Gasteiger partial charge is 0.0512 e. The van der Waals surface area contributed by atoms with Gasteiger partial charge < -0.3 is 5.73 Å². The summed E-state index contributed by atoms with van der Waals surface area (Å²) < 4.78 is 1.14. The van der Waals surface area contributed by atoms with Gasteiger partial charge in [0.15, 0.2) is 0 Å². The van der Waals surface area contributed by atoms with Crippen LogP contribution in [-0.2, 0) is 0 Å². The van der Waals surface area contributed by atoms with Crippen LogP contribution in [0.4, 0.5) is 0 Å². The van der Waals surface area contributed by atoms with E-state index in [1.54, 1.807) is 0 Å². The lowest BCUT2D eigenvalue weighted by atomic mass is 9.90. The van der Waals surface area contributed by atoms with E-state index in [0.717, 1.165) is 17.3 Å². The third-order valence-corrected chi connectivity index (χ3v) is 5.06. The minimum Gasteiger partial charge on any atom is -0.326 e. The van der Waals surface area contributed by atoms with Crippen molar-refractivity contribution in [3.63, 3.8) is 0 Å². The minimum atomic E-state index is 0.132. The molecule has 0 saturated heterocycles. The van der Waals surface area contributed by atoms with Crippen molar-refractivity contribution < 1.29 is 0 Å². The molecule has 0 aliphatic heterocycles. The van der Waals surface area contributed by atoms with Crippen molar-refractivity contribution in [3.05, 3.63) is 34.3 Å². The van der Waals surface area contributed by atoms with E-state index in [1.807, 2.05) is 6.07 Å². The maximum absolute atomic E-state index is 6.41. The van der Waals surface area contributed by atoms with Gasteiger partial charge in [-0.1, -0.05) is 48.0 Å². The van der Waals surface area contributed by atoms with Gasteiger partial charge in [0, 0.05) is 16.1 Å². The van der Waals surface area contributed by atoms with E-state index in [2.05, 4.69) is 73.8 Å². The number of likely N-dealkylation sites (N-methyl/N-ethyl adjacent to an activating group) is 1. The van der Waals surface area contributed by atoms with Crippen LogP contribution < -0.4 is 5.73 Å². The van der Waals surface area contributed by atoms with Crippen LogP contribution in [0.2, 0.25) is 0 Å². The molecule has 0 aromatic heterocycles. The van der Waals surface area contributed by atoms with Gasteiger partial charge >= 0.3 is 0 Å². The quantitative estimate of drug-likeness (QED) is 0.842. The Hall–Kier alpha value is -0.380. The molecule has 2 N–H and O–H groups in total. The molecule has 0 heterocycles. The molecule has 19 heavy (non-hydrogen) atoms. The molecule has 0 aliphatic rings. The third-order valence-electron chi connectivity index (χ3n) is 4.34. The van der Waals surface area contributed by atoms with Crippen molar-refractivity contribution in [2.75, 3.05) is 7.05 Å². The summed E-state index contributed by atoms with van der Waals surface area (Å²) in [7, 11) is 2.18. The first-order chi connectivity index (χ1) is 8.85. The highest BCUT2D eigenvalue weighted by molar-refractivity contribution is 9.10. The number of nitrogens with zero attached hydrogens (tertiary/aromatic N) is 1. The van der Waals surface area contributed by atoms with Crippen molar-refractivity contribution in [3.8, 4) is 0 Å². The van der Waals surface area contributed by atoms with E-state index in [0.29, 0.717) is 0 Å². The first kappa shape index (κ1) is 16.7. The summed E-state index contributed by atoms with van der Waals surface area (Å²) in [5.41, 5.74) is 7.82. The fourth-order valence-electron chi connectivity index (χ4n) is 2.29. The van der Waals surface area contributed by atoms with E-state index < -0.39 is 0 Å². The molecule has 0 bridgehead atoms. The standard InChI is InChI=1S/C16H27BrN2/c1-6-14(18)15(19(5)16(3,4)7-2)12-10-8-9-11-13(12)17/h8-11,14-15H,6-7,18H2,1-5H3. The normalized spacial score (nSPS) is 15.6. The first-order valence-electron chi connectivity index (χ1n) is 7.08. The van der Waals surface area contributed by atoms with Gasteiger partial charge in [0.25, 0.3) is 0 Å². The molecular weight excluding hydrogens is 300 g/mol. The zero-order valence-corrected chi connectivity index (χ0v) is 14.4. The van der Waals surface area contributed by atoms with E-state index in [1.165, 1.54) is 5.56 Å². The zero-order chi connectivity index (χ0) is 14.6. The Bertz CT molecular complexity index is 403. The van der Waals surface area contributed by atoms with Crippen LogP contribution >= 0.6 is 15.9 Å². The van der Waals surface area contributed by atoms with Crippen LogP contribution in [0.5, 0.6) is 0 Å². The SMILES string of the molecule is CCC(N)C(c1ccccc1Br)N(C)C(C)(C)CC. The second-order valence-electron chi connectivity index (χ2n) is 5.82. The highest BCUT2D eigenvalue weighted by Gasteiger charge is 2.32. The summed E-state index contributed by atoms with van der Waals surface area (Å²) in [6, 6.07) is 8.77. The van der Waals surface area contributed by atoms with Crippen LogP contribution in [0.3, 0.4) is 0 Å². The molecule has 2 unspecified atom stereocenters. The Morgan fingerprint density at radius 2 is 1.84 bits per heavy atom. The van der Waals surface area contributed by atoms with E-state index >= 15 is 0 Å². The average molecular weight is 327 g/mol. The number of nitrogens with two attached hydrogens (primary N) is 1. The molecule has 0 radical (unpaired) electrons. The molecule has 1 aromatic carbocycles. The summed E-state index contributed by atoms with van der Waals surface area (Å²) in [4.78, 5) is 2.42. The lowest BCUT2D eigenvalue weighted by Crippen LogP contribution is -2.49. The number of hydrogen-bond donors (Lipinski definition) is 1. The van der Waals surface area contributed by atoms with Gasteiger partial charge in [0.05, 0.1) is 6.04 Å². The first-order valence-corrected chi connectivity index (χ1v) is 7.87. The Morgan fingerprint density at radius 1 is 1.26 bits per heavy atom. The Balaban J connectivity index is 3.20. The summed E-state index contributed by atoms with van der Waals surface area (Å²) in [6.45, 7) is 8.94. The van der Waals surface area contributed by atoms with E-state index in [-0.39, 0.29) is 17.6 Å². The van der Waals surface area contributed by atoms with Gasteiger partial charge in [-0.2, -0.15) is 0 Å². The summed E-state index contributed by atoms with van der Waals surface area (Å²) >= 11 is 3.67. The van der Waals surface area contributed by atoms with Crippen molar-refractivity contribution in [2.24, 2.45) is 5.73 Å². The van der Waals surface area contributed by atoms with E-state index in [9.17, 15) is 0 Å². The van der Waals surface area contributed by atoms with Gasteiger partial charge in [0.1, 0.15) is 0 Å². The fourth-order valence-corrected chi connectivity index (χ4v) is 2.81.